The number of nitro groups is 1. The summed E-state index contributed by atoms with van der Waals surface area (Å²) in [7, 11) is -3.89. The zero-order valence-corrected chi connectivity index (χ0v) is 13.7. The van der Waals surface area contributed by atoms with Gasteiger partial charge in [0.15, 0.2) is 0 Å². The molecule has 0 aliphatic carbocycles. The second kappa shape index (κ2) is 6.21. The van der Waals surface area contributed by atoms with Crippen molar-refractivity contribution >= 4 is 15.7 Å². The van der Waals surface area contributed by atoms with E-state index < -0.39 is 21.0 Å². The lowest BCUT2D eigenvalue weighted by molar-refractivity contribution is -0.385. The van der Waals surface area contributed by atoms with Crippen LogP contribution < -0.4 is 9.46 Å². The van der Waals surface area contributed by atoms with Gasteiger partial charge in [0, 0.05) is 23.6 Å². The fourth-order valence-electron chi connectivity index (χ4n) is 2.67. The Labute approximate surface area is 139 Å². The van der Waals surface area contributed by atoms with E-state index in [2.05, 4.69) is 4.72 Å². The summed E-state index contributed by atoms with van der Waals surface area (Å²) in [5, 5.41) is 11.0. The number of fused-ring (bicyclic) bond motifs is 1. The second-order valence-electron chi connectivity index (χ2n) is 5.55. The molecule has 126 valence electrons. The van der Waals surface area contributed by atoms with Gasteiger partial charge in [-0.05, 0) is 19.1 Å². The SMILES string of the molecule is Cc1ccc(S(=O)(=O)N[C@H]2CCOc3ccccc32)cc1[N+](=O)[O-]. The first-order valence-electron chi connectivity index (χ1n) is 7.37. The summed E-state index contributed by atoms with van der Waals surface area (Å²) in [5.41, 5.74) is 0.953. The van der Waals surface area contributed by atoms with E-state index in [0.717, 1.165) is 11.6 Å². The molecule has 2 aromatic carbocycles. The first-order chi connectivity index (χ1) is 11.4. The zero-order valence-electron chi connectivity index (χ0n) is 12.9. The van der Waals surface area contributed by atoms with Gasteiger partial charge in [0.1, 0.15) is 5.75 Å². The number of nitro benzene ring substituents is 1. The first kappa shape index (κ1) is 16.4. The topological polar surface area (TPSA) is 98.5 Å². The third-order valence-corrected chi connectivity index (χ3v) is 5.41. The number of sulfonamides is 1. The average Bonchev–Trinajstić information content (AvgIpc) is 2.55. The number of para-hydroxylation sites is 1. The van der Waals surface area contributed by atoms with Crippen molar-refractivity contribution in [2.75, 3.05) is 6.61 Å². The molecule has 0 bridgehead atoms. The van der Waals surface area contributed by atoms with Gasteiger partial charge in [-0.1, -0.05) is 24.3 Å². The average molecular weight is 348 g/mol. The Morgan fingerprint density at radius 1 is 1.25 bits per heavy atom. The van der Waals surface area contributed by atoms with E-state index in [1.165, 1.54) is 12.1 Å². The minimum atomic E-state index is -3.89. The van der Waals surface area contributed by atoms with Crippen molar-refractivity contribution in [3.05, 3.63) is 63.7 Å². The molecule has 0 saturated carbocycles. The molecule has 0 aromatic heterocycles. The highest BCUT2D eigenvalue weighted by Gasteiger charge is 2.27. The van der Waals surface area contributed by atoms with Crippen LogP contribution in [0.3, 0.4) is 0 Å². The van der Waals surface area contributed by atoms with E-state index in [-0.39, 0.29) is 10.6 Å². The standard InChI is InChI=1S/C16H16N2O5S/c1-11-6-7-12(10-15(11)18(19)20)24(21,22)17-14-8-9-23-16-5-3-2-4-13(14)16/h2-7,10,14,17H,8-9H2,1H3/t14-/m0/s1. The van der Waals surface area contributed by atoms with Gasteiger partial charge in [0.2, 0.25) is 10.0 Å². The maximum Gasteiger partial charge on any atom is 0.273 e. The Kier molecular flexibility index (Phi) is 4.25. The first-order valence-corrected chi connectivity index (χ1v) is 8.86. The van der Waals surface area contributed by atoms with Crippen molar-refractivity contribution < 1.29 is 18.1 Å². The fourth-order valence-corrected chi connectivity index (χ4v) is 3.94. The van der Waals surface area contributed by atoms with Crippen LogP contribution in [0.25, 0.3) is 0 Å². The van der Waals surface area contributed by atoms with Gasteiger partial charge in [0.05, 0.1) is 22.5 Å². The van der Waals surface area contributed by atoms with E-state index in [1.54, 1.807) is 19.1 Å². The number of rotatable bonds is 4. The molecule has 0 amide bonds. The number of hydrogen-bond donors (Lipinski definition) is 1. The number of ether oxygens (including phenoxy) is 1. The Bertz CT molecular complexity index is 895. The highest BCUT2D eigenvalue weighted by molar-refractivity contribution is 7.89. The van der Waals surface area contributed by atoms with E-state index in [0.29, 0.717) is 24.3 Å². The molecule has 0 fully saturated rings. The molecule has 2 aromatic rings. The van der Waals surface area contributed by atoms with Gasteiger partial charge >= 0.3 is 0 Å². The molecule has 0 radical (unpaired) electrons. The van der Waals surface area contributed by atoms with Crippen LogP contribution in [0, 0.1) is 17.0 Å². The van der Waals surface area contributed by atoms with Gasteiger partial charge in [-0.2, -0.15) is 0 Å². The van der Waals surface area contributed by atoms with Gasteiger partial charge in [-0.25, -0.2) is 13.1 Å². The molecule has 0 spiro atoms. The monoisotopic (exact) mass is 348 g/mol. The van der Waals surface area contributed by atoms with Crippen molar-refractivity contribution in [2.45, 2.75) is 24.3 Å². The maximum atomic E-state index is 12.6. The Balaban J connectivity index is 1.93. The highest BCUT2D eigenvalue weighted by Crippen LogP contribution is 2.33. The number of aryl methyl sites for hydroxylation is 1. The molecule has 0 unspecified atom stereocenters. The summed E-state index contributed by atoms with van der Waals surface area (Å²) < 4.78 is 33.4. The van der Waals surface area contributed by atoms with Crippen LogP contribution in [-0.4, -0.2) is 19.9 Å². The van der Waals surface area contributed by atoms with Crippen molar-refractivity contribution in [1.82, 2.24) is 4.72 Å². The third-order valence-electron chi connectivity index (χ3n) is 3.94. The largest absolute Gasteiger partial charge is 0.493 e. The van der Waals surface area contributed by atoms with Crippen LogP contribution in [0.4, 0.5) is 5.69 Å². The van der Waals surface area contributed by atoms with Crippen LogP contribution in [-0.2, 0) is 10.0 Å². The molecule has 8 heteroatoms. The number of benzene rings is 2. The molecular weight excluding hydrogens is 332 g/mol. The molecule has 1 atom stereocenters. The molecule has 1 heterocycles. The van der Waals surface area contributed by atoms with Gasteiger partial charge in [-0.15, -0.1) is 0 Å². The molecule has 3 rings (SSSR count). The van der Waals surface area contributed by atoms with Crippen molar-refractivity contribution in [3.63, 3.8) is 0 Å². The summed E-state index contributed by atoms with van der Waals surface area (Å²) in [6.07, 6.45) is 0.490. The molecule has 0 saturated heterocycles. The molecule has 24 heavy (non-hydrogen) atoms. The van der Waals surface area contributed by atoms with Crippen LogP contribution in [0.1, 0.15) is 23.6 Å². The predicted molar refractivity (Wildman–Crippen MR) is 87.4 cm³/mol. The Morgan fingerprint density at radius 3 is 2.75 bits per heavy atom. The predicted octanol–water partition coefficient (Wildman–Crippen LogP) is 2.71. The lowest BCUT2D eigenvalue weighted by Crippen LogP contribution is -2.32. The molecule has 1 aliphatic heterocycles. The molecule has 1 N–H and O–H groups in total. The normalized spacial score (nSPS) is 17.0. The smallest absolute Gasteiger partial charge is 0.273 e. The summed E-state index contributed by atoms with van der Waals surface area (Å²) in [5.74, 6) is 0.645. The van der Waals surface area contributed by atoms with E-state index in [4.69, 9.17) is 4.74 Å². The summed E-state index contributed by atoms with van der Waals surface area (Å²) >= 11 is 0. The molecule has 1 aliphatic rings. The lowest BCUT2D eigenvalue weighted by atomic mass is 10.0. The molecule has 7 nitrogen and oxygen atoms in total. The minimum absolute atomic E-state index is 0.122. The van der Waals surface area contributed by atoms with E-state index >= 15 is 0 Å². The maximum absolute atomic E-state index is 12.6. The fraction of sp³-hybridized carbons (Fsp3) is 0.250. The minimum Gasteiger partial charge on any atom is -0.493 e. The number of nitrogens with one attached hydrogen (secondary N) is 1. The Hall–Kier alpha value is -2.45. The van der Waals surface area contributed by atoms with Crippen LogP contribution >= 0.6 is 0 Å². The van der Waals surface area contributed by atoms with E-state index in [9.17, 15) is 18.5 Å². The second-order valence-corrected chi connectivity index (χ2v) is 7.27. The van der Waals surface area contributed by atoms with Crippen molar-refractivity contribution in [1.29, 1.82) is 0 Å². The van der Waals surface area contributed by atoms with Crippen LogP contribution in [0.15, 0.2) is 47.4 Å². The van der Waals surface area contributed by atoms with Crippen LogP contribution in [0.2, 0.25) is 0 Å². The van der Waals surface area contributed by atoms with Crippen molar-refractivity contribution in [3.8, 4) is 5.75 Å². The summed E-state index contributed by atoms with van der Waals surface area (Å²) in [6.45, 7) is 1.97. The lowest BCUT2D eigenvalue weighted by Gasteiger charge is -2.26. The molecular formula is C16H16N2O5S. The quantitative estimate of drug-likeness (QED) is 0.676. The van der Waals surface area contributed by atoms with Gasteiger partial charge < -0.3 is 4.74 Å². The van der Waals surface area contributed by atoms with Crippen LogP contribution in [0.5, 0.6) is 5.75 Å². The van der Waals surface area contributed by atoms with Gasteiger partial charge in [0.25, 0.3) is 5.69 Å². The zero-order chi connectivity index (χ0) is 17.3. The third kappa shape index (κ3) is 3.10. The summed E-state index contributed by atoms with van der Waals surface area (Å²) in [6, 6.07) is 10.7. The number of hydrogen-bond acceptors (Lipinski definition) is 5. The Morgan fingerprint density at radius 2 is 2.00 bits per heavy atom. The highest BCUT2D eigenvalue weighted by atomic mass is 32.2. The van der Waals surface area contributed by atoms with Crippen molar-refractivity contribution in [2.24, 2.45) is 0 Å². The summed E-state index contributed by atoms with van der Waals surface area (Å²) in [4.78, 5) is 10.3. The number of nitrogens with zero attached hydrogens (tertiary/aromatic N) is 1. The van der Waals surface area contributed by atoms with Gasteiger partial charge in [-0.3, -0.25) is 10.1 Å². The van der Waals surface area contributed by atoms with E-state index in [1.807, 2.05) is 12.1 Å².